The van der Waals surface area contributed by atoms with Gasteiger partial charge in [0.05, 0.1) is 5.92 Å². The minimum atomic E-state index is -0.255. The van der Waals surface area contributed by atoms with E-state index in [2.05, 4.69) is 10.3 Å². The molecule has 0 fully saturated rings. The first-order valence-corrected chi connectivity index (χ1v) is 6.80. The van der Waals surface area contributed by atoms with Crippen LogP contribution in [-0.4, -0.2) is 16.9 Å². The van der Waals surface area contributed by atoms with Gasteiger partial charge in [-0.1, -0.05) is 13.0 Å². The number of pyridine rings is 1. The fourth-order valence-corrected chi connectivity index (χ4v) is 1.67. The van der Waals surface area contributed by atoms with Crippen molar-refractivity contribution in [2.75, 3.05) is 5.32 Å². The predicted octanol–water partition coefficient (Wildman–Crippen LogP) is 3.64. The van der Waals surface area contributed by atoms with E-state index >= 15 is 0 Å². The van der Waals surface area contributed by atoms with Gasteiger partial charge < -0.3 is 15.8 Å². The third-order valence-electron chi connectivity index (χ3n) is 3.19. The van der Waals surface area contributed by atoms with Crippen molar-refractivity contribution in [2.45, 2.75) is 19.9 Å². The van der Waals surface area contributed by atoms with Gasteiger partial charge in [0.2, 0.25) is 5.91 Å². The van der Waals surface area contributed by atoms with Gasteiger partial charge in [0, 0.05) is 30.2 Å². The van der Waals surface area contributed by atoms with Crippen molar-refractivity contribution in [3.05, 3.63) is 48.8 Å². The summed E-state index contributed by atoms with van der Waals surface area (Å²) in [4.78, 5) is 15.9. The van der Waals surface area contributed by atoms with E-state index in [9.17, 15) is 4.79 Å². The molecule has 2 rings (SSSR count). The summed E-state index contributed by atoms with van der Waals surface area (Å²) >= 11 is 0. The number of rotatable bonds is 5. The Labute approximate surface area is 148 Å². The predicted molar refractivity (Wildman–Crippen MR) is 96.7 cm³/mol. The lowest BCUT2D eigenvalue weighted by atomic mass is 10.0. The molecule has 7 heteroatoms. The van der Waals surface area contributed by atoms with Crippen LogP contribution in [0.5, 0.6) is 11.5 Å². The van der Waals surface area contributed by atoms with Crippen molar-refractivity contribution in [2.24, 2.45) is 11.7 Å². The molecule has 0 saturated heterocycles. The molecule has 0 radical (unpaired) electrons. The van der Waals surface area contributed by atoms with E-state index < -0.39 is 0 Å². The summed E-state index contributed by atoms with van der Waals surface area (Å²) in [5, 5.41) is 2.84. The van der Waals surface area contributed by atoms with E-state index in [1.54, 1.807) is 37.5 Å². The molecule has 0 bridgehead atoms. The molecular formula is C16H21Cl2N3O2. The molecule has 2 atom stereocenters. The second kappa shape index (κ2) is 10.0. The minimum absolute atomic E-state index is 0. The minimum Gasteiger partial charge on any atom is -0.457 e. The average molecular weight is 358 g/mol. The van der Waals surface area contributed by atoms with Gasteiger partial charge in [-0.25, -0.2) is 0 Å². The summed E-state index contributed by atoms with van der Waals surface area (Å²) in [6.45, 7) is 3.62. The number of aromatic nitrogens is 1. The Hall–Kier alpha value is -1.82. The van der Waals surface area contributed by atoms with Crippen molar-refractivity contribution < 1.29 is 9.53 Å². The van der Waals surface area contributed by atoms with E-state index in [1.807, 2.05) is 25.1 Å². The zero-order valence-corrected chi connectivity index (χ0v) is 14.6. The number of nitrogens with two attached hydrogens (primary N) is 1. The molecule has 2 unspecified atom stereocenters. The summed E-state index contributed by atoms with van der Waals surface area (Å²) in [6.07, 6.45) is 3.32. The van der Waals surface area contributed by atoms with Crippen LogP contribution in [0, 0.1) is 5.92 Å². The number of ether oxygens (including phenoxy) is 1. The van der Waals surface area contributed by atoms with E-state index in [0.29, 0.717) is 17.2 Å². The first-order chi connectivity index (χ1) is 10.1. The van der Waals surface area contributed by atoms with Crippen LogP contribution in [0.2, 0.25) is 0 Å². The van der Waals surface area contributed by atoms with E-state index in [0.717, 1.165) is 0 Å². The number of anilines is 1. The first kappa shape index (κ1) is 21.2. The van der Waals surface area contributed by atoms with Crippen LogP contribution in [0.3, 0.4) is 0 Å². The van der Waals surface area contributed by atoms with Gasteiger partial charge in [0.15, 0.2) is 0 Å². The Morgan fingerprint density at radius 2 is 1.78 bits per heavy atom. The molecule has 1 aromatic carbocycles. The number of benzene rings is 1. The fraction of sp³-hybridized carbons (Fsp3) is 0.250. The number of halogens is 2. The zero-order chi connectivity index (χ0) is 15.2. The van der Waals surface area contributed by atoms with E-state index in [-0.39, 0.29) is 42.7 Å². The number of carbonyl (C=O) groups excluding carboxylic acids is 1. The molecule has 126 valence electrons. The smallest absolute Gasteiger partial charge is 0.228 e. The Balaban J connectivity index is 0.00000242. The second-order valence-electron chi connectivity index (χ2n) is 4.95. The highest BCUT2D eigenvalue weighted by atomic mass is 35.5. The lowest BCUT2D eigenvalue weighted by Crippen LogP contribution is -2.34. The highest BCUT2D eigenvalue weighted by molar-refractivity contribution is 5.92. The van der Waals surface area contributed by atoms with Crippen LogP contribution in [-0.2, 0) is 4.79 Å². The quantitative estimate of drug-likeness (QED) is 0.856. The van der Waals surface area contributed by atoms with Crippen LogP contribution in [0.15, 0.2) is 48.8 Å². The molecule has 5 nitrogen and oxygen atoms in total. The van der Waals surface area contributed by atoms with Gasteiger partial charge in [-0.2, -0.15) is 0 Å². The lowest BCUT2D eigenvalue weighted by molar-refractivity contribution is -0.119. The SMILES string of the molecule is CC(N)C(C)C(=O)Nc1cccc(Oc2ccncc2)c1.Cl.Cl. The molecule has 0 aliphatic heterocycles. The van der Waals surface area contributed by atoms with Gasteiger partial charge in [-0.3, -0.25) is 9.78 Å². The molecule has 23 heavy (non-hydrogen) atoms. The van der Waals surface area contributed by atoms with Crippen LogP contribution in [0.4, 0.5) is 5.69 Å². The first-order valence-electron chi connectivity index (χ1n) is 6.80. The molecule has 3 N–H and O–H groups in total. The van der Waals surface area contributed by atoms with Gasteiger partial charge >= 0.3 is 0 Å². The fourth-order valence-electron chi connectivity index (χ4n) is 1.67. The van der Waals surface area contributed by atoms with Crippen molar-refractivity contribution >= 4 is 36.4 Å². The number of hydrogen-bond acceptors (Lipinski definition) is 4. The maximum Gasteiger partial charge on any atom is 0.228 e. The largest absolute Gasteiger partial charge is 0.457 e. The summed E-state index contributed by atoms with van der Waals surface area (Å²) in [7, 11) is 0. The number of nitrogens with zero attached hydrogens (tertiary/aromatic N) is 1. The molecule has 1 aromatic heterocycles. The normalized spacial score (nSPS) is 12.1. The van der Waals surface area contributed by atoms with Crippen molar-refractivity contribution in [1.82, 2.24) is 4.98 Å². The van der Waals surface area contributed by atoms with Crippen molar-refractivity contribution in [1.29, 1.82) is 0 Å². The van der Waals surface area contributed by atoms with Crippen molar-refractivity contribution in [3.63, 3.8) is 0 Å². The highest BCUT2D eigenvalue weighted by Gasteiger charge is 2.17. The molecule has 2 aromatic rings. The lowest BCUT2D eigenvalue weighted by Gasteiger charge is -2.15. The molecule has 1 amide bonds. The second-order valence-corrected chi connectivity index (χ2v) is 4.95. The molecule has 1 heterocycles. The third-order valence-corrected chi connectivity index (χ3v) is 3.19. The maximum absolute atomic E-state index is 12.0. The van der Waals surface area contributed by atoms with Gasteiger partial charge in [0.1, 0.15) is 11.5 Å². The number of nitrogens with one attached hydrogen (secondary N) is 1. The Morgan fingerprint density at radius 1 is 1.13 bits per heavy atom. The third kappa shape index (κ3) is 6.44. The zero-order valence-electron chi connectivity index (χ0n) is 12.9. The summed E-state index contributed by atoms with van der Waals surface area (Å²) in [6, 6.07) is 10.6. The van der Waals surface area contributed by atoms with Crippen LogP contribution in [0.1, 0.15) is 13.8 Å². The van der Waals surface area contributed by atoms with Gasteiger partial charge in [-0.15, -0.1) is 24.8 Å². The molecule has 0 aliphatic carbocycles. The molecule has 0 saturated carbocycles. The Kier molecular flexibility index (Phi) is 9.25. The summed E-state index contributed by atoms with van der Waals surface area (Å²) in [5.74, 6) is 0.978. The monoisotopic (exact) mass is 357 g/mol. The summed E-state index contributed by atoms with van der Waals surface area (Å²) in [5.41, 5.74) is 6.41. The van der Waals surface area contributed by atoms with Gasteiger partial charge in [0.25, 0.3) is 0 Å². The van der Waals surface area contributed by atoms with Crippen LogP contribution < -0.4 is 15.8 Å². The Bertz CT molecular complexity index is 609. The van der Waals surface area contributed by atoms with Crippen molar-refractivity contribution in [3.8, 4) is 11.5 Å². The molecule has 0 spiro atoms. The summed E-state index contributed by atoms with van der Waals surface area (Å²) < 4.78 is 5.69. The average Bonchev–Trinajstić information content (AvgIpc) is 2.47. The molecular weight excluding hydrogens is 337 g/mol. The molecule has 0 aliphatic rings. The standard InChI is InChI=1S/C16H19N3O2.2ClH/c1-11(12(2)17)16(20)19-13-4-3-5-15(10-13)21-14-6-8-18-9-7-14;;/h3-12H,17H2,1-2H3,(H,19,20);2*1H. The highest BCUT2D eigenvalue weighted by Crippen LogP contribution is 2.23. The van der Waals surface area contributed by atoms with Crippen LogP contribution in [0.25, 0.3) is 0 Å². The number of carbonyl (C=O) groups is 1. The van der Waals surface area contributed by atoms with Crippen LogP contribution >= 0.6 is 24.8 Å². The number of amides is 1. The van der Waals surface area contributed by atoms with E-state index in [4.69, 9.17) is 10.5 Å². The Morgan fingerprint density at radius 3 is 2.39 bits per heavy atom. The van der Waals surface area contributed by atoms with E-state index in [1.165, 1.54) is 0 Å². The van der Waals surface area contributed by atoms with Gasteiger partial charge in [-0.05, 0) is 31.2 Å². The maximum atomic E-state index is 12.0. The number of hydrogen-bond donors (Lipinski definition) is 2. The topological polar surface area (TPSA) is 77.2 Å².